The van der Waals surface area contributed by atoms with Gasteiger partial charge < -0.3 is 124 Å². The molecule has 1 aromatic carbocycles. The predicted octanol–water partition coefficient (Wildman–Crippen LogP) is -10.2. The number of hydrogen-bond acceptors (Lipinski definition) is 28. The van der Waals surface area contributed by atoms with Gasteiger partial charge in [0, 0.05) is 0 Å². The molecule has 1 aromatic rings. The number of hydrogen-bond donors (Lipinski definition) is 16. The second kappa shape index (κ2) is 22.5. The molecule has 0 amide bonds. The van der Waals surface area contributed by atoms with Crippen LogP contribution in [0.2, 0.25) is 0 Å². The molecule has 29 heteroatoms. The van der Waals surface area contributed by atoms with Crippen molar-refractivity contribution in [2.45, 2.75) is 165 Å². The van der Waals surface area contributed by atoms with E-state index in [1.807, 2.05) is 0 Å². The molecule has 0 radical (unpaired) electrons. The van der Waals surface area contributed by atoms with Crippen LogP contribution in [0, 0.1) is 6.92 Å². The summed E-state index contributed by atoms with van der Waals surface area (Å²) in [7, 11) is -4.63. The Balaban J connectivity index is 1.20. The highest BCUT2D eigenvalue weighted by molar-refractivity contribution is 7.86. The minimum Gasteiger partial charge on any atom is -0.394 e. The number of aliphatic hydroxyl groups is 16. The zero-order valence-corrected chi connectivity index (χ0v) is 35.6. The minimum absolute atomic E-state index is 0.331. The Bertz CT molecular complexity index is 1780. The van der Waals surface area contributed by atoms with Gasteiger partial charge >= 0.3 is 0 Å². The van der Waals surface area contributed by atoms with E-state index in [1.165, 1.54) is 24.3 Å². The first-order valence-electron chi connectivity index (χ1n) is 20.6. The van der Waals surface area contributed by atoms with Gasteiger partial charge in [0.05, 0.1) is 37.9 Å². The lowest BCUT2D eigenvalue weighted by Crippen LogP contribution is -2.68. The Hall–Kier alpha value is -1.87. The van der Waals surface area contributed by atoms with Gasteiger partial charge in [0.25, 0.3) is 10.1 Å². The van der Waals surface area contributed by atoms with Crippen molar-refractivity contribution < 1.29 is 137 Å². The molecular weight excluding hydrogens is 924 g/mol. The SMILES string of the molecule is Cc1ccc(S(=O)(=O)OC[C@H]2O[C@H](O[C@H]3[C@H](O)[C@@H](O)[C@@H](O[C@H]4[C@H](O)[C@@H](O)C(O)O[C@@H]4CO)O[C@@H]3CO)[C@H](O)[C@@H](O)[C@@H]2O[C@H]2O[C@H](CO)[C@@H](O[C@H]3O[C@H](CO)[C@@H](O)[C@H](O)[C@H]3O)[C@@H](O)[C@H]2O)cc1. The Morgan fingerprint density at radius 2 is 0.758 bits per heavy atom. The molecule has 16 N–H and O–H groups in total. The first-order valence-corrected chi connectivity index (χ1v) is 22.0. The summed E-state index contributed by atoms with van der Waals surface area (Å²) in [5.41, 5.74) is 0.692. The van der Waals surface area contributed by atoms with Crippen LogP contribution < -0.4 is 0 Å². The summed E-state index contributed by atoms with van der Waals surface area (Å²) in [4.78, 5) is -0.331. The van der Waals surface area contributed by atoms with E-state index in [9.17, 15) is 90.1 Å². The Labute approximate surface area is 374 Å². The van der Waals surface area contributed by atoms with Gasteiger partial charge in [-0.1, -0.05) is 17.7 Å². The highest BCUT2D eigenvalue weighted by Gasteiger charge is 2.56. The van der Waals surface area contributed by atoms with Crippen LogP contribution in [0.4, 0.5) is 0 Å². The molecule has 5 fully saturated rings. The van der Waals surface area contributed by atoms with Crippen LogP contribution in [0.25, 0.3) is 0 Å². The summed E-state index contributed by atoms with van der Waals surface area (Å²) < 4.78 is 81.8. The summed E-state index contributed by atoms with van der Waals surface area (Å²) in [6.45, 7) is -3.12. The highest BCUT2D eigenvalue weighted by atomic mass is 32.2. The van der Waals surface area contributed by atoms with Gasteiger partial charge in [0.15, 0.2) is 31.5 Å². The number of benzene rings is 1. The van der Waals surface area contributed by atoms with Crippen molar-refractivity contribution in [3.63, 3.8) is 0 Å². The molecule has 5 aliphatic heterocycles. The summed E-state index contributed by atoms with van der Waals surface area (Å²) in [5.74, 6) is 0. The second-order valence-electron chi connectivity index (χ2n) is 16.3. The third kappa shape index (κ3) is 11.2. The lowest BCUT2D eigenvalue weighted by atomic mass is 9.95. The Kier molecular flexibility index (Phi) is 18.2. The molecule has 0 aliphatic carbocycles. The van der Waals surface area contributed by atoms with E-state index in [2.05, 4.69) is 0 Å². The van der Waals surface area contributed by atoms with E-state index in [-0.39, 0.29) is 4.90 Å². The van der Waals surface area contributed by atoms with Gasteiger partial charge in [-0.3, -0.25) is 4.18 Å². The average Bonchev–Trinajstić information content (AvgIpc) is 3.30. The predicted molar refractivity (Wildman–Crippen MR) is 204 cm³/mol. The molecule has 66 heavy (non-hydrogen) atoms. The summed E-state index contributed by atoms with van der Waals surface area (Å²) in [5, 5.41) is 169. The molecule has 1 unspecified atom stereocenters. The van der Waals surface area contributed by atoms with Gasteiger partial charge in [-0.05, 0) is 19.1 Å². The number of aryl methyl sites for hydroxylation is 1. The van der Waals surface area contributed by atoms with Crippen LogP contribution in [0.3, 0.4) is 0 Å². The molecule has 0 spiro atoms. The zero-order valence-electron chi connectivity index (χ0n) is 34.7. The van der Waals surface area contributed by atoms with Crippen molar-refractivity contribution in [1.82, 2.24) is 0 Å². The Morgan fingerprint density at radius 1 is 0.424 bits per heavy atom. The largest absolute Gasteiger partial charge is 0.394 e. The molecule has 0 bridgehead atoms. The van der Waals surface area contributed by atoms with E-state index >= 15 is 0 Å². The van der Waals surface area contributed by atoms with Crippen molar-refractivity contribution in [3.8, 4) is 0 Å². The van der Waals surface area contributed by atoms with Crippen molar-refractivity contribution in [2.75, 3.05) is 33.0 Å². The lowest BCUT2D eigenvalue weighted by molar-refractivity contribution is -0.392. The first-order chi connectivity index (χ1) is 31.2. The fraction of sp³-hybridized carbons (Fsp3) is 0.838. The van der Waals surface area contributed by atoms with Crippen LogP contribution in [-0.4, -0.2) is 277 Å². The highest BCUT2D eigenvalue weighted by Crippen LogP contribution is 2.36. The van der Waals surface area contributed by atoms with E-state index in [1.54, 1.807) is 6.92 Å². The molecule has 5 aliphatic rings. The molecule has 0 aromatic heterocycles. The van der Waals surface area contributed by atoms with Crippen LogP contribution in [0.5, 0.6) is 0 Å². The third-order valence-corrected chi connectivity index (χ3v) is 13.1. The molecule has 25 atom stereocenters. The van der Waals surface area contributed by atoms with Gasteiger partial charge in [-0.15, -0.1) is 0 Å². The molecule has 6 rings (SSSR count). The maximum atomic E-state index is 13.3. The third-order valence-electron chi connectivity index (χ3n) is 11.8. The van der Waals surface area contributed by atoms with E-state index in [0.29, 0.717) is 5.56 Å². The Morgan fingerprint density at radius 3 is 1.17 bits per heavy atom. The normalized spacial score (nSPS) is 47.1. The first kappa shape index (κ1) is 53.5. The molecule has 5 heterocycles. The number of rotatable bonds is 16. The van der Waals surface area contributed by atoms with Crippen LogP contribution in [0.1, 0.15) is 5.56 Å². The van der Waals surface area contributed by atoms with Gasteiger partial charge in [-0.2, -0.15) is 8.42 Å². The summed E-state index contributed by atoms with van der Waals surface area (Å²) >= 11 is 0. The standard InChI is InChI=1S/C37H58O28S/c1-11-2-4-12(5-3-11)66(54,55)56-10-17-32(65-36-27(51)22(46)30(15(8-40)60-36)63-34-25(49)19(43)18(42)13(6-38)58-34)23(47)28(52)37(61-17)64-31-16(9-41)59-35(26(50)21(31)45)62-29-14(7-39)57-33(53)24(48)20(29)44/h2-5,13-53H,6-10H2,1H3/t13-,14-,15-,16-,17-,18-,19+,20-,21-,22+,23-,24-,25-,26-,27-,28-,29-,30-,31-,32-,33?,34-,35-,36-,37-/m1/s1. The van der Waals surface area contributed by atoms with Crippen LogP contribution in [0.15, 0.2) is 29.2 Å². The van der Waals surface area contributed by atoms with Gasteiger partial charge in [0.2, 0.25) is 0 Å². The van der Waals surface area contributed by atoms with E-state index in [4.69, 9.17) is 46.8 Å². The van der Waals surface area contributed by atoms with Crippen molar-refractivity contribution in [1.29, 1.82) is 0 Å². The summed E-state index contributed by atoms with van der Waals surface area (Å²) in [6.07, 6.45) is -48.2. The number of ether oxygens (including phenoxy) is 9. The quantitative estimate of drug-likeness (QED) is 0.0684. The van der Waals surface area contributed by atoms with Crippen molar-refractivity contribution in [2.24, 2.45) is 0 Å². The second-order valence-corrected chi connectivity index (χ2v) is 17.9. The molecule has 5 saturated heterocycles. The topological polar surface area (TPSA) is 450 Å². The zero-order chi connectivity index (χ0) is 48.5. The fourth-order valence-corrected chi connectivity index (χ4v) is 8.87. The smallest absolute Gasteiger partial charge is 0.297 e. The molecule has 0 saturated carbocycles. The van der Waals surface area contributed by atoms with E-state index < -0.39 is 197 Å². The van der Waals surface area contributed by atoms with Crippen LogP contribution >= 0.6 is 0 Å². The summed E-state index contributed by atoms with van der Waals surface area (Å²) in [6, 6.07) is 5.36. The van der Waals surface area contributed by atoms with Crippen LogP contribution in [-0.2, 0) is 56.9 Å². The van der Waals surface area contributed by atoms with Gasteiger partial charge in [-0.25, -0.2) is 0 Å². The number of aliphatic hydroxyl groups excluding tert-OH is 16. The van der Waals surface area contributed by atoms with Crippen molar-refractivity contribution in [3.05, 3.63) is 29.8 Å². The maximum absolute atomic E-state index is 13.3. The minimum atomic E-state index is -4.63. The molecule has 380 valence electrons. The monoisotopic (exact) mass is 982 g/mol. The lowest BCUT2D eigenvalue weighted by Gasteiger charge is -2.49. The maximum Gasteiger partial charge on any atom is 0.297 e. The van der Waals surface area contributed by atoms with Gasteiger partial charge in [0.1, 0.15) is 122 Å². The average molecular weight is 983 g/mol. The molecular formula is C37H58O28S. The van der Waals surface area contributed by atoms with Crippen molar-refractivity contribution >= 4 is 10.1 Å². The fourth-order valence-electron chi connectivity index (χ4n) is 7.95. The molecule has 28 nitrogen and oxygen atoms in total. The van der Waals surface area contributed by atoms with E-state index in [0.717, 1.165) is 0 Å².